The van der Waals surface area contributed by atoms with E-state index in [0.29, 0.717) is 15.8 Å². The smallest absolute Gasteiger partial charge is 0.338 e. The number of anilines is 1. The zero-order valence-electron chi connectivity index (χ0n) is 15.7. The number of amides is 1. The molecule has 0 spiro atoms. The molecule has 0 aliphatic rings. The van der Waals surface area contributed by atoms with E-state index in [9.17, 15) is 29.8 Å². The lowest BCUT2D eigenvalue weighted by atomic mass is 10.0. The average molecular weight is 430 g/mol. The molecule has 3 rings (SSSR count). The van der Waals surface area contributed by atoms with Crippen LogP contribution in [0.3, 0.4) is 0 Å². The van der Waals surface area contributed by atoms with Crippen molar-refractivity contribution in [2.24, 2.45) is 0 Å². The van der Waals surface area contributed by atoms with Gasteiger partial charge in [-0.25, -0.2) is 9.78 Å². The third kappa shape index (κ3) is 4.07. The summed E-state index contributed by atoms with van der Waals surface area (Å²) in [5.74, 6) is -1.26. The van der Waals surface area contributed by atoms with Crippen molar-refractivity contribution >= 4 is 49.9 Å². The van der Waals surface area contributed by atoms with Crippen LogP contribution in [-0.2, 0) is 4.74 Å². The molecule has 12 heteroatoms. The molecule has 2 aromatic carbocycles. The monoisotopic (exact) mass is 430 g/mol. The maximum Gasteiger partial charge on any atom is 0.338 e. The fourth-order valence-corrected chi connectivity index (χ4v) is 3.60. The van der Waals surface area contributed by atoms with Gasteiger partial charge in [0.05, 0.1) is 43.9 Å². The van der Waals surface area contributed by atoms with Crippen LogP contribution in [0.2, 0.25) is 0 Å². The summed E-state index contributed by atoms with van der Waals surface area (Å²) >= 11 is 1.08. The van der Waals surface area contributed by atoms with Gasteiger partial charge in [-0.1, -0.05) is 11.3 Å². The molecule has 1 N–H and O–H groups in total. The van der Waals surface area contributed by atoms with Crippen molar-refractivity contribution in [3.8, 4) is 0 Å². The fraction of sp³-hybridized carbons (Fsp3) is 0.167. The third-order valence-corrected chi connectivity index (χ3v) is 5.07. The Morgan fingerprint density at radius 1 is 1.17 bits per heavy atom. The maximum atomic E-state index is 12.7. The number of fused-ring (bicyclic) bond motifs is 1. The van der Waals surface area contributed by atoms with Gasteiger partial charge in [0.2, 0.25) is 0 Å². The summed E-state index contributed by atoms with van der Waals surface area (Å²) in [6, 6.07) is 6.49. The molecule has 3 aromatic rings. The molecule has 0 atom stereocenters. The minimum atomic E-state index is -0.808. The second-order valence-corrected chi connectivity index (χ2v) is 7.06. The van der Waals surface area contributed by atoms with Gasteiger partial charge < -0.3 is 4.74 Å². The summed E-state index contributed by atoms with van der Waals surface area (Å²) in [7, 11) is 0. The Hall–Kier alpha value is -3.93. The van der Waals surface area contributed by atoms with Gasteiger partial charge in [0.1, 0.15) is 0 Å². The van der Waals surface area contributed by atoms with E-state index in [2.05, 4.69) is 10.3 Å². The Kier molecular flexibility index (Phi) is 5.69. The summed E-state index contributed by atoms with van der Waals surface area (Å²) in [5.41, 5.74) is -0.462. The second kappa shape index (κ2) is 8.21. The fourth-order valence-electron chi connectivity index (χ4n) is 2.70. The lowest BCUT2D eigenvalue weighted by Crippen LogP contribution is -2.14. The Bertz CT molecular complexity index is 1200. The van der Waals surface area contributed by atoms with Crippen LogP contribution in [0.15, 0.2) is 30.3 Å². The van der Waals surface area contributed by atoms with E-state index < -0.39 is 33.1 Å². The number of carbonyl (C=O) groups excluding carboxylic acids is 2. The number of nitrogens with one attached hydrogen (secondary N) is 1. The number of hydrogen-bond acceptors (Lipinski definition) is 9. The van der Waals surface area contributed by atoms with Crippen LogP contribution in [-0.4, -0.2) is 33.3 Å². The van der Waals surface area contributed by atoms with Gasteiger partial charge in [0.25, 0.3) is 17.3 Å². The molecule has 0 unspecified atom stereocenters. The number of ether oxygens (including phenoxy) is 1. The molecule has 154 valence electrons. The lowest BCUT2D eigenvalue weighted by Gasteiger charge is -2.06. The molecule has 0 aliphatic carbocycles. The number of hydrogen-bond donors (Lipinski definition) is 1. The summed E-state index contributed by atoms with van der Waals surface area (Å²) < 4.78 is 5.55. The van der Waals surface area contributed by atoms with Crippen molar-refractivity contribution < 1.29 is 24.2 Å². The molecule has 0 saturated heterocycles. The number of nitro groups is 2. The molecule has 0 saturated carbocycles. The molecule has 30 heavy (non-hydrogen) atoms. The zero-order valence-corrected chi connectivity index (χ0v) is 16.5. The van der Waals surface area contributed by atoms with Gasteiger partial charge in [-0.15, -0.1) is 0 Å². The Morgan fingerprint density at radius 3 is 2.53 bits per heavy atom. The van der Waals surface area contributed by atoms with Gasteiger partial charge >= 0.3 is 5.97 Å². The van der Waals surface area contributed by atoms with Crippen molar-refractivity contribution in [3.63, 3.8) is 0 Å². The topological polar surface area (TPSA) is 155 Å². The van der Waals surface area contributed by atoms with Gasteiger partial charge in [-0.3, -0.25) is 30.3 Å². The number of benzene rings is 2. The minimum Gasteiger partial charge on any atom is -0.462 e. The number of aromatic nitrogens is 1. The summed E-state index contributed by atoms with van der Waals surface area (Å²) in [4.78, 5) is 49.4. The van der Waals surface area contributed by atoms with E-state index in [0.717, 1.165) is 23.5 Å². The highest BCUT2D eigenvalue weighted by Gasteiger charge is 2.25. The standard InChI is InChI=1S/C18H14N4O7S/c1-3-29-17(24)10-4-5-13-15(6-10)30-18(19-13)20-16(23)12-7-11(21(25)26)8-14(9(12)2)22(27)28/h4-8H,3H2,1-2H3,(H,19,20,23). The van der Waals surface area contributed by atoms with Crippen LogP contribution in [0.5, 0.6) is 0 Å². The number of nitro benzene ring substituents is 2. The molecule has 11 nitrogen and oxygen atoms in total. The first-order valence-corrected chi connectivity index (χ1v) is 9.35. The number of carbonyl (C=O) groups is 2. The molecule has 0 fully saturated rings. The molecular formula is C18H14N4O7S. The minimum absolute atomic E-state index is 0.00573. The summed E-state index contributed by atoms with van der Waals surface area (Å²) in [6.45, 7) is 3.26. The van der Waals surface area contributed by atoms with Crippen LogP contribution >= 0.6 is 11.3 Å². The average Bonchev–Trinajstić information content (AvgIpc) is 3.09. The van der Waals surface area contributed by atoms with Gasteiger partial charge in [0, 0.05) is 11.6 Å². The van der Waals surface area contributed by atoms with Crippen LogP contribution in [0, 0.1) is 27.2 Å². The van der Waals surface area contributed by atoms with Crippen molar-refractivity contribution in [1.82, 2.24) is 4.98 Å². The van der Waals surface area contributed by atoms with Crippen LogP contribution < -0.4 is 5.32 Å². The van der Waals surface area contributed by atoms with Gasteiger partial charge in [-0.05, 0) is 32.0 Å². The molecule has 0 bridgehead atoms. The number of thiazole rings is 1. The first-order chi connectivity index (χ1) is 14.2. The predicted octanol–water partition coefficient (Wildman–Crippen LogP) is 3.85. The van der Waals surface area contributed by atoms with E-state index in [1.807, 2.05) is 0 Å². The predicted molar refractivity (Wildman–Crippen MR) is 108 cm³/mol. The highest BCUT2D eigenvalue weighted by atomic mass is 32.1. The number of non-ortho nitro benzene ring substituents is 1. The van der Waals surface area contributed by atoms with E-state index >= 15 is 0 Å². The highest BCUT2D eigenvalue weighted by molar-refractivity contribution is 7.22. The zero-order chi connectivity index (χ0) is 22.0. The van der Waals surface area contributed by atoms with Crippen molar-refractivity contribution in [3.05, 3.63) is 67.3 Å². The van der Waals surface area contributed by atoms with Gasteiger partial charge in [-0.2, -0.15) is 0 Å². The van der Waals surface area contributed by atoms with E-state index in [1.165, 1.54) is 6.92 Å². The second-order valence-electron chi connectivity index (χ2n) is 6.03. The Balaban J connectivity index is 1.94. The molecule has 0 radical (unpaired) electrons. The van der Waals surface area contributed by atoms with Crippen molar-refractivity contribution in [1.29, 1.82) is 0 Å². The van der Waals surface area contributed by atoms with Crippen molar-refractivity contribution in [2.75, 3.05) is 11.9 Å². The van der Waals surface area contributed by atoms with Crippen LogP contribution in [0.25, 0.3) is 10.2 Å². The maximum absolute atomic E-state index is 12.7. The number of rotatable bonds is 6. The van der Waals surface area contributed by atoms with Crippen LogP contribution in [0.4, 0.5) is 16.5 Å². The van der Waals surface area contributed by atoms with Crippen molar-refractivity contribution in [2.45, 2.75) is 13.8 Å². The summed E-state index contributed by atoms with van der Waals surface area (Å²) in [6.07, 6.45) is 0. The molecule has 1 aromatic heterocycles. The SMILES string of the molecule is CCOC(=O)c1ccc2nc(NC(=O)c3cc([N+](=O)[O-])cc([N+](=O)[O-])c3C)sc2c1. The first kappa shape index (κ1) is 20.8. The molecule has 1 amide bonds. The Morgan fingerprint density at radius 2 is 1.90 bits per heavy atom. The molecule has 0 aliphatic heterocycles. The van der Waals surface area contributed by atoms with E-state index in [-0.39, 0.29) is 22.9 Å². The normalized spacial score (nSPS) is 10.6. The van der Waals surface area contributed by atoms with Gasteiger partial charge in [0.15, 0.2) is 5.13 Å². The quantitative estimate of drug-likeness (QED) is 0.351. The third-order valence-electron chi connectivity index (χ3n) is 4.14. The first-order valence-electron chi connectivity index (χ1n) is 8.53. The number of nitrogens with zero attached hydrogens (tertiary/aromatic N) is 3. The van der Waals surface area contributed by atoms with Crippen LogP contribution in [0.1, 0.15) is 33.2 Å². The highest BCUT2D eigenvalue weighted by Crippen LogP contribution is 2.31. The van der Waals surface area contributed by atoms with E-state index in [4.69, 9.17) is 4.74 Å². The summed E-state index contributed by atoms with van der Waals surface area (Å²) in [5, 5.41) is 24.9. The molecule has 1 heterocycles. The Labute approximate surface area is 172 Å². The number of esters is 1. The largest absolute Gasteiger partial charge is 0.462 e. The lowest BCUT2D eigenvalue weighted by molar-refractivity contribution is -0.394. The molecular weight excluding hydrogens is 416 g/mol. The van der Waals surface area contributed by atoms with E-state index in [1.54, 1.807) is 25.1 Å².